The fourth-order valence-electron chi connectivity index (χ4n) is 3.04. The summed E-state index contributed by atoms with van der Waals surface area (Å²) in [6.45, 7) is 1.95. The first-order chi connectivity index (χ1) is 13.2. The molecule has 1 saturated heterocycles. The Morgan fingerprint density at radius 1 is 1.39 bits per heavy atom. The maximum Gasteiger partial charge on any atom is 0.227 e. The number of amides is 1. The second-order valence-electron chi connectivity index (χ2n) is 6.51. The normalized spacial score (nSPS) is 14.6. The van der Waals surface area contributed by atoms with Crippen molar-refractivity contribution in [2.24, 2.45) is 7.05 Å². The van der Waals surface area contributed by atoms with E-state index in [9.17, 15) is 4.79 Å². The summed E-state index contributed by atoms with van der Waals surface area (Å²) in [6.07, 6.45) is 2.64. The van der Waals surface area contributed by atoms with E-state index in [-0.39, 0.29) is 24.7 Å². The Kier molecular flexibility index (Phi) is 6.76. The number of piperidine rings is 1. The molecule has 4 rings (SSSR count). The van der Waals surface area contributed by atoms with Crippen molar-refractivity contribution < 1.29 is 9.32 Å². The molecule has 2 N–H and O–H groups in total. The maximum absolute atomic E-state index is 12.3. The minimum atomic E-state index is -0.155. The lowest BCUT2D eigenvalue weighted by Crippen LogP contribution is -2.27. The molecular formula is C17H22ClN7O2S. The Hall–Kier alpha value is -2.30. The van der Waals surface area contributed by atoms with Crippen LogP contribution in [-0.2, 0) is 18.3 Å². The van der Waals surface area contributed by atoms with Crippen LogP contribution in [0.2, 0.25) is 0 Å². The van der Waals surface area contributed by atoms with E-state index in [2.05, 4.69) is 30.9 Å². The number of hydrogen-bond acceptors (Lipinski definition) is 8. The molecule has 4 heterocycles. The smallest absolute Gasteiger partial charge is 0.227 e. The van der Waals surface area contributed by atoms with Crippen molar-refractivity contribution in [2.45, 2.75) is 31.6 Å². The van der Waals surface area contributed by atoms with E-state index in [1.54, 1.807) is 23.1 Å². The van der Waals surface area contributed by atoms with Gasteiger partial charge in [-0.25, -0.2) is 4.68 Å². The summed E-state index contributed by atoms with van der Waals surface area (Å²) in [5.74, 6) is 2.45. The molecule has 1 aliphatic rings. The average Bonchev–Trinajstić information content (AvgIpc) is 3.42. The lowest BCUT2D eigenvalue weighted by molar-refractivity contribution is -0.116. The third-order valence-electron chi connectivity index (χ3n) is 4.55. The molecule has 28 heavy (non-hydrogen) atoms. The zero-order valence-electron chi connectivity index (χ0n) is 15.4. The van der Waals surface area contributed by atoms with Crippen LogP contribution >= 0.6 is 23.7 Å². The SMILES string of the molecule is Cl.Cn1nc(C2CCNCC2)nc1NC(=O)CCc1nc(-c2ccsc2)no1. The lowest BCUT2D eigenvalue weighted by atomic mass is 9.98. The highest BCUT2D eigenvalue weighted by molar-refractivity contribution is 7.08. The topological polar surface area (TPSA) is 111 Å². The number of hydrogen-bond donors (Lipinski definition) is 2. The van der Waals surface area contributed by atoms with Crippen molar-refractivity contribution in [1.29, 1.82) is 0 Å². The van der Waals surface area contributed by atoms with Crippen LogP contribution in [0.1, 0.15) is 36.9 Å². The molecule has 3 aromatic heterocycles. The first-order valence-corrected chi connectivity index (χ1v) is 9.90. The van der Waals surface area contributed by atoms with Crippen molar-refractivity contribution in [2.75, 3.05) is 18.4 Å². The zero-order chi connectivity index (χ0) is 18.6. The van der Waals surface area contributed by atoms with E-state index in [0.717, 1.165) is 37.3 Å². The predicted molar refractivity (Wildman–Crippen MR) is 108 cm³/mol. The fourth-order valence-corrected chi connectivity index (χ4v) is 3.67. The molecule has 0 saturated carbocycles. The first-order valence-electron chi connectivity index (χ1n) is 8.95. The highest BCUT2D eigenvalue weighted by atomic mass is 35.5. The molecule has 1 aliphatic heterocycles. The molecule has 1 fully saturated rings. The quantitative estimate of drug-likeness (QED) is 0.626. The summed E-state index contributed by atoms with van der Waals surface area (Å²) < 4.78 is 6.84. The molecule has 3 aromatic rings. The Bertz CT molecular complexity index is 903. The largest absolute Gasteiger partial charge is 0.339 e. The van der Waals surface area contributed by atoms with Crippen molar-refractivity contribution >= 4 is 35.6 Å². The van der Waals surface area contributed by atoms with Crippen molar-refractivity contribution in [3.8, 4) is 11.4 Å². The highest BCUT2D eigenvalue weighted by Gasteiger charge is 2.21. The summed E-state index contributed by atoms with van der Waals surface area (Å²) in [6, 6.07) is 1.93. The first kappa shape index (κ1) is 20.4. The molecule has 150 valence electrons. The number of rotatable bonds is 6. The molecule has 0 spiro atoms. The van der Waals surface area contributed by atoms with Gasteiger partial charge in [0.2, 0.25) is 23.6 Å². The number of anilines is 1. The Morgan fingerprint density at radius 2 is 2.21 bits per heavy atom. The van der Waals surface area contributed by atoms with Gasteiger partial charge < -0.3 is 9.84 Å². The molecule has 0 aliphatic carbocycles. The number of carbonyl (C=O) groups is 1. The maximum atomic E-state index is 12.3. The second-order valence-corrected chi connectivity index (χ2v) is 7.29. The van der Waals surface area contributed by atoms with Crippen LogP contribution in [0, 0.1) is 0 Å². The molecule has 0 radical (unpaired) electrons. The van der Waals surface area contributed by atoms with Crippen LogP contribution in [-0.4, -0.2) is 43.9 Å². The third kappa shape index (κ3) is 4.75. The lowest BCUT2D eigenvalue weighted by Gasteiger charge is -2.19. The van der Waals surface area contributed by atoms with Gasteiger partial charge in [0, 0.05) is 36.8 Å². The van der Waals surface area contributed by atoms with Crippen LogP contribution in [0.4, 0.5) is 5.95 Å². The van der Waals surface area contributed by atoms with E-state index >= 15 is 0 Å². The molecule has 0 bridgehead atoms. The average molecular weight is 424 g/mol. The highest BCUT2D eigenvalue weighted by Crippen LogP contribution is 2.23. The number of nitrogens with zero attached hydrogens (tertiary/aromatic N) is 5. The van der Waals surface area contributed by atoms with Gasteiger partial charge in [-0.15, -0.1) is 12.4 Å². The number of thiophene rings is 1. The molecule has 0 aromatic carbocycles. The Morgan fingerprint density at radius 3 is 2.96 bits per heavy atom. The number of aryl methyl sites for hydroxylation is 2. The summed E-state index contributed by atoms with van der Waals surface area (Å²) >= 11 is 1.57. The van der Waals surface area contributed by atoms with Gasteiger partial charge in [-0.05, 0) is 37.4 Å². The molecule has 1 amide bonds. The number of nitrogens with one attached hydrogen (secondary N) is 2. The fraction of sp³-hybridized carbons (Fsp3) is 0.471. The van der Waals surface area contributed by atoms with Gasteiger partial charge in [0.05, 0.1) is 0 Å². The Labute approximate surface area is 172 Å². The minimum absolute atomic E-state index is 0. The van der Waals surface area contributed by atoms with Crippen LogP contribution in [0.5, 0.6) is 0 Å². The van der Waals surface area contributed by atoms with Gasteiger partial charge in [-0.2, -0.15) is 26.4 Å². The second kappa shape index (κ2) is 9.26. The van der Waals surface area contributed by atoms with Gasteiger partial charge >= 0.3 is 0 Å². The van der Waals surface area contributed by atoms with Gasteiger partial charge in [0.15, 0.2) is 5.82 Å². The Balaban J connectivity index is 0.00000225. The zero-order valence-corrected chi connectivity index (χ0v) is 17.1. The summed E-state index contributed by atoms with van der Waals surface area (Å²) in [7, 11) is 1.79. The molecule has 0 atom stereocenters. The van der Waals surface area contributed by atoms with Crippen LogP contribution in [0.25, 0.3) is 11.4 Å². The van der Waals surface area contributed by atoms with Crippen molar-refractivity contribution in [3.63, 3.8) is 0 Å². The van der Waals surface area contributed by atoms with Gasteiger partial charge in [0.25, 0.3) is 0 Å². The molecule has 0 unspecified atom stereocenters. The number of aromatic nitrogens is 5. The van der Waals surface area contributed by atoms with Gasteiger partial charge in [0.1, 0.15) is 0 Å². The van der Waals surface area contributed by atoms with Crippen LogP contribution in [0.3, 0.4) is 0 Å². The van der Waals surface area contributed by atoms with E-state index in [1.807, 2.05) is 16.8 Å². The van der Waals surface area contributed by atoms with Crippen LogP contribution in [0.15, 0.2) is 21.3 Å². The molecular weight excluding hydrogens is 402 g/mol. The minimum Gasteiger partial charge on any atom is -0.339 e. The van der Waals surface area contributed by atoms with Crippen LogP contribution < -0.4 is 10.6 Å². The predicted octanol–water partition coefficient (Wildman–Crippen LogP) is 2.39. The monoisotopic (exact) mass is 423 g/mol. The number of carbonyl (C=O) groups excluding carboxylic acids is 1. The summed E-state index contributed by atoms with van der Waals surface area (Å²) in [5.41, 5.74) is 0.920. The van der Waals surface area contributed by atoms with E-state index in [4.69, 9.17) is 4.52 Å². The third-order valence-corrected chi connectivity index (χ3v) is 5.23. The van der Waals surface area contributed by atoms with Gasteiger partial charge in [-0.3, -0.25) is 10.1 Å². The van der Waals surface area contributed by atoms with E-state index in [0.29, 0.717) is 30.0 Å². The van der Waals surface area contributed by atoms with E-state index in [1.165, 1.54) is 0 Å². The van der Waals surface area contributed by atoms with Crippen molar-refractivity contribution in [3.05, 3.63) is 28.5 Å². The molecule has 9 nitrogen and oxygen atoms in total. The summed E-state index contributed by atoms with van der Waals surface area (Å²) in [4.78, 5) is 21.1. The van der Waals surface area contributed by atoms with Crippen molar-refractivity contribution in [1.82, 2.24) is 30.2 Å². The van der Waals surface area contributed by atoms with Gasteiger partial charge in [-0.1, -0.05) is 5.16 Å². The molecule has 11 heteroatoms. The number of halogens is 1. The standard InChI is InChI=1S/C17H21N7O2S.ClH/c1-24-17(21-15(22-24)11-4-7-18-8-5-11)19-13(25)2-3-14-20-16(23-26-14)12-6-9-27-10-12;/h6,9-11,18H,2-5,7-8H2,1H3,(H,19,21,22,25);1H. The summed E-state index contributed by atoms with van der Waals surface area (Å²) in [5, 5.41) is 18.5. The van der Waals surface area contributed by atoms with E-state index < -0.39 is 0 Å².